The second-order valence-corrected chi connectivity index (χ2v) is 7.01. The predicted octanol–water partition coefficient (Wildman–Crippen LogP) is 4.73. The monoisotopic (exact) mass is 410 g/mol. The number of carbonyl (C=O) groups is 1. The highest BCUT2D eigenvalue weighted by atomic mass is 35.5. The van der Waals surface area contributed by atoms with E-state index < -0.39 is 10.8 Å². The molecule has 1 N–H and O–H groups in total. The number of nitrogens with zero attached hydrogens (tertiary/aromatic N) is 3. The Morgan fingerprint density at radius 3 is 2.62 bits per heavy atom. The number of rotatable bonds is 5. The third-order valence-electron chi connectivity index (χ3n) is 4.57. The van der Waals surface area contributed by atoms with Gasteiger partial charge in [-0.05, 0) is 50.6 Å². The number of halogens is 1. The van der Waals surface area contributed by atoms with Crippen LogP contribution in [-0.2, 0) is 0 Å². The van der Waals surface area contributed by atoms with Crippen LogP contribution in [0.4, 0.5) is 5.69 Å². The minimum absolute atomic E-state index is 0.151. The van der Waals surface area contributed by atoms with E-state index in [1.165, 1.54) is 24.3 Å². The van der Waals surface area contributed by atoms with Crippen molar-refractivity contribution in [2.24, 2.45) is 5.10 Å². The number of amides is 1. The lowest BCUT2D eigenvalue weighted by Crippen LogP contribution is -2.17. The van der Waals surface area contributed by atoms with Crippen molar-refractivity contribution in [2.75, 3.05) is 0 Å². The summed E-state index contributed by atoms with van der Waals surface area (Å²) < 4.78 is 2.05. The van der Waals surface area contributed by atoms with Crippen molar-refractivity contribution < 1.29 is 9.72 Å². The lowest BCUT2D eigenvalue weighted by Gasteiger charge is -2.11. The van der Waals surface area contributed by atoms with Crippen LogP contribution >= 0.6 is 11.6 Å². The Kier molecular flexibility index (Phi) is 5.79. The van der Waals surface area contributed by atoms with E-state index in [4.69, 9.17) is 11.6 Å². The van der Waals surface area contributed by atoms with Gasteiger partial charge in [-0.1, -0.05) is 23.7 Å². The molecule has 0 radical (unpaired) electrons. The van der Waals surface area contributed by atoms with Gasteiger partial charge in [0, 0.05) is 45.4 Å². The van der Waals surface area contributed by atoms with Crippen LogP contribution in [0.25, 0.3) is 5.69 Å². The smallest absolute Gasteiger partial charge is 0.271 e. The highest BCUT2D eigenvalue weighted by Gasteiger charge is 2.12. The van der Waals surface area contributed by atoms with Gasteiger partial charge in [-0.3, -0.25) is 14.9 Å². The van der Waals surface area contributed by atoms with Gasteiger partial charge in [0.25, 0.3) is 11.6 Å². The Bertz CT molecular complexity index is 1130. The molecule has 2 aromatic carbocycles. The number of hydrogen-bond acceptors (Lipinski definition) is 4. The van der Waals surface area contributed by atoms with Gasteiger partial charge < -0.3 is 4.57 Å². The Morgan fingerprint density at radius 1 is 1.17 bits per heavy atom. The third kappa shape index (κ3) is 4.35. The maximum absolute atomic E-state index is 12.2. The molecule has 0 saturated heterocycles. The summed E-state index contributed by atoms with van der Waals surface area (Å²) in [7, 11) is 0. The fraction of sp³-hybridized carbons (Fsp3) is 0.143. The zero-order valence-electron chi connectivity index (χ0n) is 16.1. The number of aryl methyl sites for hydroxylation is 2. The van der Waals surface area contributed by atoms with Gasteiger partial charge in [-0.2, -0.15) is 5.10 Å². The van der Waals surface area contributed by atoms with Gasteiger partial charge in [-0.25, -0.2) is 5.43 Å². The second kappa shape index (κ2) is 8.28. The van der Waals surface area contributed by atoms with Crippen LogP contribution in [0, 0.1) is 30.9 Å². The Labute approximate surface area is 172 Å². The average Bonchev–Trinajstić information content (AvgIpc) is 2.97. The van der Waals surface area contributed by atoms with Gasteiger partial charge in [0.1, 0.15) is 0 Å². The zero-order chi connectivity index (χ0) is 21.1. The summed E-state index contributed by atoms with van der Waals surface area (Å²) in [5, 5.41) is 15.5. The molecule has 29 heavy (non-hydrogen) atoms. The lowest BCUT2D eigenvalue weighted by atomic mass is 10.2. The normalized spacial score (nSPS) is 11.0. The molecule has 0 aliphatic rings. The number of benzene rings is 2. The van der Waals surface area contributed by atoms with E-state index in [0.717, 1.165) is 28.2 Å². The highest BCUT2D eigenvalue weighted by Crippen LogP contribution is 2.24. The van der Waals surface area contributed by atoms with E-state index in [9.17, 15) is 14.9 Å². The number of non-ortho nitro benzene ring substituents is 1. The summed E-state index contributed by atoms with van der Waals surface area (Å²) in [6.45, 7) is 5.87. The number of nitro groups is 1. The highest BCUT2D eigenvalue weighted by molar-refractivity contribution is 6.31. The van der Waals surface area contributed by atoms with E-state index in [2.05, 4.69) is 15.1 Å². The summed E-state index contributed by atoms with van der Waals surface area (Å²) in [5.41, 5.74) is 7.13. The molecule has 1 amide bonds. The standard InChI is InChI=1S/C21H19ClN4O3/c1-13-7-8-18(11-20(13)22)25-14(2)9-17(15(25)3)12-23-24-21(27)16-5-4-6-19(10-16)26(28)29/h4-12H,1-3H3,(H,24,27)/b23-12-. The van der Waals surface area contributed by atoms with E-state index in [-0.39, 0.29) is 11.3 Å². The fourth-order valence-electron chi connectivity index (χ4n) is 3.02. The van der Waals surface area contributed by atoms with Crippen LogP contribution in [0.2, 0.25) is 5.02 Å². The largest absolute Gasteiger partial charge is 0.318 e. The molecule has 3 aromatic rings. The van der Waals surface area contributed by atoms with Crippen LogP contribution in [0.15, 0.2) is 53.6 Å². The van der Waals surface area contributed by atoms with Crippen molar-refractivity contribution in [3.8, 4) is 5.69 Å². The van der Waals surface area contributed by atoms with Crippen LogP contribution in [0.1, 0.15) is 32.9 Å². The molecule has 7 nitrogen and oxygen atoms in total. The third-order valence-corrected chi connectivity index (χ3v) is 4.98. The van der Waals surface area contributed by atoms with Crippen molar-refractivity contribution in [1.82, 2.24) is 9.99 Å². The molecule has 0 saturated carbocycles. The van der Waals surface area contributed by atoms with Gasteiger partial charge in [-0.15, -0.1) is 0 Å². The first-order valence-electron chi connectivity index (χ1n) is 8.81. The van der Waals surface area contributed by atoms with E-state index in [1.54, 1.807) is 6.21 Å². The molecule has 0 fully saturated rings. The molecule has 148 valence electrons. The predicted molar refractivity (Wildman–Crippen MR) is 113 cm³/mol. The maximum Gasteiger partial charge on any atom is 0.271 e. The van der Waals surface area contributed by atoms with Gasteiger partial charge in [0.15, 0.2) is 0 Å². The Morgan fingerprint density at radius 2 is 1.93 bits per heavy atom. The van der Waals surface area contributed by atoms with Crippen molar-refractivity contribution in [3.63, 3.8) is 0 Å². The molecule has 1 heterocycles. The first-order valence-corrected chi connectivity index (χ1v) is 9.19. The number of hydrogen-bond donors (Lipinski definition) is 1. The Hall–Kier alpha value is -3.45. The summed E-state index contributed by atoms with van der Waals surface area (Å²) >= 11 is 6.25. The number of nitrogens with one attached hydrogen (secondary N) is 1. The molecule has 0 unspecified atom stereocenters. The van der Waals surface area contributed by atoms with Crippen LogP contribution in [-0.4, -0.2) is 21.6 Å². The molecule has 1 aromatic heterocycles. The molecular weight excluding hydrogens is 392 g/mol. The van der Waals surface area contributed by atoms with E-state index >= 15 is 0 Å². The topological polar surface area (TPSA) is 89.5 Å². The van der Waals surface area contributed by atoms with E-state index in [1.807, 2.05) is 45.0 Å². The van der Waals surface area contributed by atoms with Crippen LogP contribution in [0.3, 0.4) is 0 Å². The first-order chi connectivity index (χ1) is 13.8. The summed E-state index contributed by atoms with van der Waals surface area (Å²) in [4.78, 5) is 22.5. The molecule has 0 aliphatic carbocycles. The number of hydrazone groups is 1. The quantitative estimate of drug-likeness (QED) is 0.374. The fourth-order valence-corrected chi connectivity index (χ4v) is 3.20. The molecule has 0 bridgehead atoms. The van der Waals surface area contributed by atoms with Crippen molar-refractivity contribution in [1.29, 1.82) is 0 Å². The molecule has 0 aliphatic heterocycles. The van der Waals surface area contributed by atoms with Gasteiger partial charge in [0.2, 0.25) is 0 Å². The van der Waals surface area contributed by atoms with Gasteiger partial charge >= 0.3 is 0 Å². The maximum atomic E-state index is 12.2. The molecule has 3 rings (SSSR count). The number of carbonyl (C=O) groups excluding carboxylic acids is 1. The molecule has 0 spiro atoms. The minimum Gasteiger partial charge on any atom is -0.318 e. The molecule has 0 atom stereocenters. The van der Waals surface area contributed by atoms with Crippen molar-refractivity contribution in [2.45, 2.75) is 20.8 Å². The Balaban J connectivity index is 1.79. The number of aromatic nitrogens is 1. The van der Waals surface area contributed by atoms with Crippen LogP contribution < -0.4 is 5.43 Å². The average molecular weight is 411 g/mol. The van der Waals surface area contributed by atoms with E-state index in [0.29, 0.717) is 5.02 Å². The minimum atomic E-state index is -0.549. The summed E-state index contributed by atoms with van der Waals surface area (Å²) in [6, 6.07) is 13.3. The summed E-state index contributed by atoms with van der Waals surface area (Å²) in [6.07, 6.45) is 1.55. The lowest BCUT2D eigenvalue weighted by molar-refractivity contribution is -0.384. The zero-order valence-corrected chi connectivity index (χ0v) is 16.9. The SMILES string of the molecule is Cc1ccc(-n2c(C)cc(/C=N\NC(=O)c3cccc([N+](=O)[O-])c3)c2C)cc1Cl. The van der Waals surface area contributed by atoms with Gasteiger partial charge in [0.05, 0.1) is 11.1 Å². The second-order valence-electron chi connectivity index (χ2n) is 6.60. The van der Waals surface area contributed by atoms with Crippen molar-refractivity contribution >= 4 is 29.4 Å². The first kappa shape index (κ1) is 20.3. The number of nitro benzene ring substituents is 1. The van der Waals surface area contributed by atoms with Crippen LogP contribution in [0.5, 0.6) is 0 Å². The molecular formula is C21H19ClN4O3. The van der Waals surface area contributed by atoms with Crippen molar-refractivity contribution in [3.05, 3.63) is 91.7 Å². The molecule has 8 heteroatoms. The summed E-state index contributed by atoms with van der Waals surface area (Å²) in [5.74, 6) is -0.524.